The summed E-state index contributed by atoms with van der Waals surface area (Å²) < 4.78 is 5.01. The van der Waals surface area contributed by atoms with E-state index in [1.165, 1.54) is 12.0 Å². The minimum absolute atomic E-state index is 0.273. The maximum Gasteiger partial charge on any atom is 0.328 e. The summed E-state index contributed by atoms with van der Waals surface area (Å²) in [5.74, 6) is -1.16. The van der Waals surface area contributed by atoms with Crippen molar-refractivity contribution in [1.82, 2.24) is 9.88 Å². The summed E-state index contributed by atoms with van der Waals surface area (Å²) in [6.45, 7) is 0. The fourth-order valence-corrected chi connectivity index (χ4v) is 4.68. The van der Waals surface area contributed by atoms with Crippen molar-refractivity contribution < 1.29 is 14.3 Å². The molecule has 0 radical (unpaired) electrons. The van der Waals surface area contributed by atoms with Gasteiger partial charge in [-0.25, -0.2) is 4.79 Å². The number of aromatic nitrogens is 1. The fraction of sp³-hybridized carbons (Fsp3) is 0.238. The molecule has 0 unspecified atom stereocenters. The number of alkyl halides is 1. The van der Waals surface area contributed by atoms with Crippen LogP contribution in [0, 0.1) is 0 Å². The largest absolute Gasteiger partial charge is 0.467 e. The van der Waals surface area contributed by atoms with Crippen LogP contribution in [0.1, 0.15) is 22.9 Å². The van der Waals surface area contributed by atoms with Crippen molar-refractivity contribution in [1.29, 1.82) is 0 Å². The molecule has 1 amide bonds. The van der Waals surface area contributed by atoms with Gasteiger partial charge in [-0.3, -0.25) is 4.79 Å². The smallest absolute Gasteiger partial charge is 0.328 e. The van der Waals surface area contributed by atoms with Crippen LogP contribution >= 0.6 is 34.8 Å². The van der Waals surface area contributed by atoms with Crippen LogP contribution in [0.4, 0.5) is 0 Å². The van der Waals surface area contributed by atoms with Crippen molar-refractivity contribution >= 4 is 57.6 Å². The van der Waals surface area contributed by atoms with Crippen molar-refractivity contribution in [3.05, 3.63) is 69.3 Å². The first kappa shape index (κ1) is 20.1. The van der Waals surface area contributed by atoms with Crippen LogP contribution in [-0.2, 0) is 20.7 Å². The molecule has 1 N–H and O–H groups in total. The van der Waals surface area contributed by atoms with E-state index in [-0.39, 0.29) is 11.8 Å². The van der Waals surface area contributed by atoms with Gasteiger partial charge in [-0.1, -0.05) is 47.5 Å². The van der Waals surface area contributed by atoms with Gasteiger partial charge in [-0.15, -0.1) is 11.6 Å². The SMILES string of the molecule is COC(=O)[C@H]1Cc2c([nH]c3ccccc23)[C@@H](c2ccc(Cl)cc2Cl)N1C(=O)CCl. The van der Waals surface area contributed by atoms with E-state index in [1.807, 2.05) is 24.3 Å². The number of halogens is 3. The Kier molecular flexibility index (Phi) is 5.47. The number of carbonyl (C=O) groups is 2. The number of methoxy groups -OCH3 is 1. The summed E-state index contributed by atoms with van der Waals surface area (Å²) in [6, 6.07) is 11.4. The number of carbonyl (C=O) groups excluding carboxylic acids is 2. The zero-order valence-corrected chi connectivity index (χ0v) is 17.7. The minimum atomic E-state index is -0.824. The molecule has 0 saturated carbocycles. The Labute approximate surface area is 182 Å². The second-order valence-corrected chi connectivity index (χ2v) is 7.92. The Balaban J connectivity index is 2.01. The minimum Gasteiger partial charge on any atom is -0.467 e. The summed E-state index contributed by atoms with van der Waals surface area (Å²) in [4.78, 5) is 30.4. The molecule has 2 heterocycles. The van der Waals surface area contributed by atoms with Crippen LogP contribution in [0.15, 0.2) is 42.5 Å². The van der Waals surface area contributed by atoms with Crippen molar-refractivity contribution in [2.75, 3.05) is 13.0 Å². The van der Waals surface area contributed by atoms with Crippen molar-refractivity contribution in [2.24, 2.45) is 0 Å². The number of H-pyrrole nitrogens is 1. The molecule has 1 aromatic heterocycles. The number of amides is 1. The second kappa shape index (κ2) is 7.90. The second-order valence-electron chi connectivity index (χ2n) is 6.81. The molecule has 1 aliphatic rings. The molecule has 2 atom stereocenters. The lowest BCUT2D eigenvalue weighted by atomic mass is 9.88. The van der Waals surface area contributed by atoms with Crippen LogP contribution in [0.2, 0.25) is 10.0 Å². The third-order valence-corrected chi connectivity index (χ3v) is 6.06. The molecule has 4 rings (SSSR count). The molecule has 0 aliphatic carbocycles. The Hall–Kier alpha value is -2.21. The zero-order chi connectivity index (χ0) is 20.7. The number of rotatable bonds is 3. The van der Waals surface area contributed by atoms with Crippen LogP contribution in [0.3, 0.4) is 0 Å². The summed E-state index contributed by atoms with van der Waals surface area (Å²) in [5.41, 5.74) is 3.31. The first-order chi connectivity index (χ1) is 14.0. The van der Waals surface area contributed by atoms with Crippen LogP contribution < -0.4 is 0 Å². The van der Waals surface area contributed by atoms with Crippen LogP contribution in [0.5, 0.6) is 0 Å². The molecule has 5 nitrogen and oxygen atoms in total. The van der Waals surface area contributed by atoms with Crippen molar-refractivity contribution in [3.8, 4) is 0 Å². The van der Waals surface area contributed by atoms with Gasteiger partial charge in [0.25, 0.3) is 0 Å². The van der Waals surface area contributed by atoms with E-state index in [4.69, 9.17) is 39.5 Å². The van der Waals surface area contributed by atoms with E-state index < -0.39 is 18.1 Å². The topological polar surface area (TPSA) is 62.4 Å². The standard InChI is InChI=1S/C21H17Cl3N2O3/c1-29-21(28)17-9-14-12-4-2-3-5-16(12)25-19(14)20(26(17)18(27)10-22)13-7-6-11(23)8-15(13)24/h2-8,17,20,25H,9-10H2,1H3/t17-,20-/m1/s1. The molecular weight excluding hydrogens is 435 g/mol. The van der Waals surface area contributed by atoms with Gasteiger partial charge in [-0.2, -0.15) is 0 Å². The number of hydrogen-bond acceptors (Lipinski definition) is 3. The summed E-state index contributed by atoms with van der Waals surface area (Å²) in [6.07, 6.45) is 0.316. The van der Waals surface area contributed by atoms with Gasteiger partial charge in [0.15, 0.2) is 0 Å². The first-order valence-corrected chi connectivity index (χ1v) is 10.2. The number of aromatic amines is 1. The number of fused-ring (bicyclic) bond motifs is 3. The average molecular weight is 452 g/mol. The highest BCUT2D eigenvalue weighted by Gasteiger charge is 2.44. The molecule has 8 heteroatoms. The van der Waals surface area contributed by atoms with Crippen molar-refractivity contribution in [3.63, 3.8) is 0 Å². The van der Waals surface area contributed by atoms with E-state index >= 15 is 0 Å². The number of esters is 1. The number of para-hydroxylation sites is 1. The van der Waals surface area contributed by atoms with Gasteiger partial charge in [0.1, 0.15) is 11.9 Å². The lowest BCUT2D eigenvalue weighted by Crippen LogP contribution is -2.52. The van der Waals surface area contributed by atoms with Crippen LogP contribution in [0.25, 0.3) is 10.9 Å². The van der Waals surface area contributed by atoms with Gasteiger partial charge in [0, 0.05) is 33.1 Å². The van der Waals surface area contributed by atoms with Gasteiger partial charge < -0.3 is 14.6 Å². The van der Waals surface area contributed by atoms with E-state index in [2.05, 4.69) is 4.98 Å². The predicted molar refractivity (Wildman–Crippen MR) is 114 cm³/mol. The third-order valence-electron chi connectivity index (χ3n) is 5.26. The molecule has 0 bridgehead atoms. The Morgan fingerprint density at radius 2 is 1.97 bits per heavy atom. The monoisotopic (exact) mass is 450 g/mol. The molecule has 0 fully saturated rings. The number of ether oxygens (including phenoxy) is 1. The summed E-state index contributed by atoms with van der Waals surface area (Å²) in [7, 11) is 1.31. The van der Waals surface area contributed by atoms with E-state index in [9.17, 15) is 9.59 Å². The highest BCUT2D eigenvalue weighted by atomic mass is 35.5. The molecule has 0 spiro atoms. The zero-order valence-electron chi connectivity index (χ0n) is 15.4. The van der Waals surface area contributed by atoms with Gasteiger partial charge >= 0.3 is 5.97 Å². The number of nitrogens with one attached hydrogen (secondary N) is 1. The lowest BCUT2D eigenvalue weighted by molar-refractivity contribution is -0.154. The Bertz CT molecular complexity index is 1110. The number of benzene rings is 2. The predicted octanol–water partition coefficient (Wildman–Crippen LogP) is 4.73. The Morgan fingerprint density at radius 3 is 2.66 bits per heavy atom. The Morgan fingerprint density at radius 1 is 1.21 bits per heavy atom. The average Bonchev–Trinajstić information content (AvgIpc) is 3.10. The van der Waals surface area contributed by atoms with E-state index in [0.29, 0.717) is 22.0 Å². The molecule has 29 heavy (non-hydrogen) atoms. The molecule has 1 aliphatic heterocycles. The number of hydrogen-bond donors (Lipinski definition) is 1. The van der Waals surface area contributed by atoms with E-state index in [1.54, 1.807) is 18.2 Å². The van der Waals surface area contributed by atoms with Gasteiger partial charge in [-0.05, 0) is 29.3 Å². The fourth-order valence-electron chi connectivity index (χ4n) is 4.03. The summed E-state index contributed by atoms with van der Waals surface area (Å²) in [5, 5.41) is 1.86. The normalized spacial score (nSPS) is 18.6. The molecule has 2 aromatic carbocycles. The summed E-state index contributed by atoms with van der Waals surface area (Å²) >= 11 is 18.5. The first-order valence-electron chi connectivity index (χ1n) is 8.95. The quantitative estimate of drug-likeness (QED) is 0.462. The highest BCUT2D eigenvalue weighted by molar-refractivity contribution is 6.35. The van der Waals surface area contributed by atoms with Crippen molar-refractivity contribution in [2.45, 2.75) is 18.5 Å². The van der Waals surface area contributed by atoms with Gasteiger partial charge in [0.2, 0.25) is 5.91 Å². The maximum atomic E-state index is 12.9. The number of nitrogens with zero attached hydrogens (tertiary/aromatic N) is 1. The lowest BCUT2D eigenvalue weighted by Gasteiger charge is -2.41. The highest BCUT2D eigenvalue weighted by Crippen LogP contribution is 2.43. The van der Waals surface area contributed by atoms with E-state index in [0.717, 1.165) is 22.2 Å². The van der Waals surface area contributed by atoms with Gasteiger partial charge in [0.05, 0.1) is 13.2 Å². The van der Waals surface area contributed by atoms with Crippen LogP contribution in [-0.4, -0.2) is 40.8 Å². The molecule has 0 saturated heterocycles. The molecule has 3 aromatic rings. The third kappa shape index (κ3) is 3.37. The molecular formula is C21H17Cl3N2O3. The molecule has 150 valence electrons. The maximum absolute atomic E-state index is 12.9.